The van der Waals surface area contributed by atoms with Crippen LogP contribution in [0.25, 0.3) is 0 Å². The van der Waals surface area contributed by atoms with E-state index in [0.717, 1.165) is 0 Å². The van der Waals surface area contributed by atoms with Crippen LogP contribution in [0.1, 0.15) is 6.92 Å². The monoisotopic (exact) mass is 261 g/mol. The van der Waals surface area contributed by atoms with Gasteiger partial charge in [0.05, 0.1) is 12.4 Å². The highest BCUT2D eigenvalue weighted by atomic mass is 19.2. The Morgan fingerprint density at radius 1 is 1.17 bits per heavy atom. The van der Waals surface area contributed by atoms with Gasteiger partial charge in [0.1, 0.15) is 0 Å². The predicted molar refractivity (Wildman–Crippen MR) is 52.0 cm³/mol. The molecule has 2 aromatic heterocycles. The number of aryl methyl sites for hydroxylation is 1. The molecule has 0 saturated heterocycles. The van der Waals surface area contributed by atoms with E-state index in [1.165, 1.54) is 17.1 Å². The number of halogens is 4. The van der Waals surface area contributed by atoms with Gasteiger partial charge in [0.2, 0.25) is 17.4 Å². The second kappa shape index (κ2) is 4.63. The van der Waals surface area contributed by atoms with E-state index in [2.05, 4.69) is 10.1 Å². The van der Waals surface area contributed by atoms with E-state index in [4.69, 9.17) is 4.74 Å². The highest BCUT2D eigenvalue weighted by Crippen LogP contribution is 2.29. The minimum absolute atomic E-state index is 0.0420. The van der Waals surface area contributed by atoms with Gasteiger partial charge in [-0.15, -0.1) is 0 Å². The summed E-state index contributed by atoms with van der Waals surface area (Å²) in [4.78, 5) is 2.41. The lowest BCUT2D eigenvalue weighted by Crippen LogP contribution is -2.03. The van der Waals surface area contributed by atoms with Crippen molar-refractivity contribution in [1.82, 2.24) is 14.8 Å². The van der Waals surface area contributed by atoms with Crippen molar-refractivity contribution in [3.63, 3.8) is 0 Å². The molecular weight excluding hydrogens is 254 g/mol. The van der Waals surface area contributed by atoms with Gasteiger partial charge in [-0.05, 0) is 6.92 Å². The Morgan fingerprint density at radius 3 is 2.28 bits per heavy atom. The largest absolute Gasteiger partial charge is 0.447 e. The number of hydrogen-bond donors (Lipinski definition) is 0. The van der Waals surface area contributed by atoms with Crippen molar-refractivity contribution in [2.45, 2.75) is 13.5 Å². The standard InChI is InChI=1S/C10H7F4N3O/c1-2-17-4-5(3-15-17)18-8-6(11)9(13)16-10(14)7(8)12/h3-4H,2H2,1H3. The lowest BCUT2D eigenvalue weighted by molar-refractivity contribution is 0.343. The van der Waals surface area contributed by atoms with Crippen molar-refractivity contribution in [3.05, 3.63) is 35.9 Å². The van der Waals surface area contributed by atoms with Crippen LogP contribution in [0.5, 0.6) is 11.5 Å². The molecule has 2 heterocycles. The van der Waals surface area contributed by atoms with Gasteiger partial charge in [-0.2, -0.15) is 27.6 Å². The fourth-order valence-electron chi connectivity index (χ4n) is 1.25. The zero-order valence-electron chi connectivity index (χ0n) is 9.12. The van der Waals surface area contributed by atoms with Gasteiger partial charge in [0, 0.05) is 6.54 Å². The minimum Gasteiger partial charge on any atom is -0.447 e. The maximum Gasteiger partial charge on any atom is 0.255 e. The third kappa shape index (κ3) is 2.13. The molecule has 0 unspecified atom stereocenters. The number of aromatic nitrogens is 3. The zero-order valence-corrected chi connectivity index (χ0v) is 9.12. The van der Waals surface area contributed by atoms with Crippen molar-refractivity contribution in [1.29, 1.82) is 0 Å². The molecule has 0 atom stereocenters. The van der Waals surface area contributed by atoms with Gasteiger partial charge in [-0.3, -0.25) is 4.68 Å². The molecule has 0 fully saturated rings. The lowest BCUT2D eigenvalue weighted by Gasteiger charge is -2.06. The first-order valence-corrected chi connectivity index (χ1v) is 4.93. The highest BCUT2D eigenvalue weighted by Gasteiger charge is 2.23. The summed E-state index contributed by atoms with van der Waals surface area (Å²) in [7, 11) is 0. The number of pyridine rings is 1. The van der Waals surface area contributed by atoms with Gasteiger partial charge in [0.15, 0.2) is 5.75 Å². The molecule has 2 aromatic rings. The van der Waals surface area contributed by atoms with Crippen LogP contribution in [-0.2, 0) is 6.54 Å². The van der Waals surface area contributed by atoms with Crippen molar-refractivity contribution in [2.24, 2.45) is 0 Å². The van der Waals surface area contributed by atoms with Crippen molar-refractivity contribution < 1.29 is 22.3 Å². The van der Waals surface area contributed by atoms with Crippen LogP contribution in [-0.4, -0.2) is 14.8 Å². The Kier molecular flexibility index (Phi) is 3.17. The van der Waals surface area contributed by atoms with E-state index >= 15 is 0 Å². The Labute approximate surface area is 98.8 Å². The van der Waals surface area contributed by atoms with Crippen LogP contribution in [0.2, 0.25) is 0 Å². The first-order chi connectivity index (χ1) is 8.52. The van der Waals surface area contributed by atoms with E-state index in [9.17, 15) is 17.6 Å². The van der Waals surface area contributed by atoms with Crippen LogP contribution < -0.4 is 4.74 Å². The molecule has 0 saturated carbocycles. The van der Waals surface area contributed by atoms with Crippen molar-refractivity contribution in [3.8, 4) is 11.5 Å². The number of rotatable bonds is 3. The third-order valence-corrected chi connectivity index (χ3v) is 2.11. The maximum absolute atomic E-state index is 13.2. The average molecular weight is 261 g/mol. The SMILES string of the molecule is CCn1cc(Oc2c(F)c(F)nc(F)c2F)cn1. The molecule has 96 valence electrons. The van der Waals surface area contributed by atoms with Crippen LogP contribution in [0.15, 0.2) is 12.4 Å². The molecule has 2 rings (SSSR count). The van der Waals surface area contributed by atoms with Crippen LogP contribution >= 0.6 is 0 Å². The lowest BCUT2D eigenvalue weighted by atomic mass is 10.4. The number of ether oxygens (including phenoxy) is 1. The number of nitrogens with zero attached hydrogens (tertiary/aromatic N) is 3. The summed E-state index contributed by atoms with van der Waals surface area (Å²) in [5.41, 5.74) is 0. The van der Waals surface area contributed by atoms with E-state index in [1.807, 2.05) is 0 Å². The summed E-state index contributed by atoms with van der Waals surface area (Å²) in [5, 5.41) is 3.78. The third-order valence-electron chi connectivity index (χ3n) is 2.11. The Hall–Kier alpha value is -2.12. The molecule has 0 aliphatic carbocycles. The molecular formula is C10H7F4N3O. The zero-order chi connectivity index (χ0) is 13.3. The summed E-state index contributed by atoms with van der Waals surface area (Å²) in [5.74, 6) is -8.16. The average Bonchev–Trinajstić information content (AvgIpc) is 2.80. The Morgan fingerprint density at radius 2 is 1.78 bits per heavy atom. The maximum atomic E-state index is 13.2. The smallest absolute Gasteiger partial charge is 0.255 e. The van der Waals surface area contributed by atoms with Gasteiger partial charge in [0.25, 0.3) is 11.9 Å². The molecule has 0 spiro atoms. The molecule has 18 heavy (non-hydrogen) atoms. The van der Waals surface area contributed by atoms with E-state index < -0.39 is 29.3 Å². The summed E-state index contributed by atoms with van der Waals surface area (Å²) in [6, 6.07) is 0. The van der Waals surface area contributed by atoms with Gasteiger partial charge in [-0.1, -0.05) is 0 Å². The fraction of sp³-hybridized carbons (Fsp3) is 0.200. The van der Waals surface area contributed by atoms with E-state index in [1.54, 1.807) is 6.92 Å². The van der Waals surface area contributed by atoms with Crippen molar-refractivity contribution >= 4 is 0 Å². The molecule has 0 aliphatic heterocycles. The normalized spacial score (nSPS) is 10.7. The molecule has 4 nitrogen and oxygen atoms in total. The molecule has 0 N–H and O–H groups in total. The summed E-state index contributed by atoms with van der Waals surface area (Å²) in [6.45, 7) is 2.29. The molecule has 0 amide bonds. The summed E-state index contributed by atoms with van der Waals surface area (Å²) in [6.07, 6.45) is 2.49. The topological polar surface area (TPSA) is 39.9 Å². The van der Waals surface area contributed by atoms with Gasteiger partial charge >= 0.3 is 0 Å². The first kappa shape index (κ1) is 12.3. The summed E-state index contributed by atoms with van der Waals surface area (Å²) >= 11 is 0. The molecule has 0 radical (unpaired) electrons. The first-order valence-electron chi connectivity index (χ1n) is 4.93. The van der Waals surface area contributed by atoms with Crippen LogP contribution in [0, 0.1) is 23.5 Å². The highest BCUT2D eigenvalue weighted by molar-refractivity contribution is 5.29. The summed E-state index contributed by atoms with van der Waals surface area (Å²) < 4.78 is 58.2. The molecule has 0 aliphatic rings. The molecule has 0 bridgehead atoms. The van der Waals surface area contributed by atoms with Crippen LogP contribution in [0.4, 0.5) is 17.6 Å². The quantitative estimate of drug-likeness (QED) is 0.630. The van der Waals surface area contributed by atoms with Crippen LogP contribution in [0.3, 0.4) is 0 Å². The molecule has 0 aromatic carbocycles. The minimum atomic E-state index is -1.77. The second-order valence-electron chi connectivity index (χ2n) is 3.28. The fourth-order valence-corrected chi connectivity index (χ4v) is 1.25. The van der Waals surface area contributed by atoms with Crippen molar-refractivity contribution in [2.75, 3.05) is 0 Å². The second-order valence-corrected chi connectivity index (χ2v) is 3.28. The van der Waals surface area contributed by atoms with E-state index in [0.29, 0.717) is 6.54 Å². The van der Waals surface area contributed by atoms with Gasteiger partial charge in [-0.25, -0.2) is 0 Å². The van der Waals surface area contributed by atoms with E-state index in [-0.39, 0.29) is 5.75 Å². The Bertz CT molecular complexity index is 558. The Balaban J connectivity index is 2.39. The van der Waals surface area contributed by atoms with Gasteiger partial charge < -0.3 is 4.74 Å². The molecule has 8 heteroatoms. The number of hydrogen-bond acceptors (Lipinski definition) is 3. The predicted octanol–water partition coefficient (Wildman–Crippen LogP) is 2.65.